The van der Waals surface area contributed by atoms with Crippen LogP contribution in [0.15, 0.2) is 39.5 Å². The van der Waals surface area contributed by atoms with Gasteiger partial charge in [0.25, 0.3) is 0 Å². The standard InChI is InChI=1S/C13H22N.C3H3Cl3OTe.ClH/c1-4-14(5-2,6-3)12-13-10-8-7-9-11-13;4-3-1-7-8(5,6)2-3;/h7-11H,4-6,12H2,1-3H3;2H,1H2;1H/q+1;;/p-1. The van der Waals surface area contributed by atoms with E-state index in [4.69, 9.17) is 32.6 Å². The summed E-state index contributed by atoms with van der Waals surface area (Å²) in [4.78, 5) is 0. The zero-order valence-electron chi connectivity index (χ0n) is 13.8. The summed E-state index contributed by atoms with van der Waals surface area (Å²) in [6.07, 6.45) is 0. The fourth-order valence-electron chi connectivity index (χ4n) is 2.33. The van der Waals surface area contributed by atoms with Crippen molar-refractivity contribution >= 4 is 45.9 Å². The Labute approximate surface area is 163 Å². The van der Waals surface area contributed by atoms with Crippen molar-refractivity contribution in [1.82, 2.24) is 0 Å². The second-order valence-electron chi connectivity index (χ2n) is 5.22. The Balaban J connectivity index is 0.000000460. The van der Waals surface area contributed by atoms with Crippen molar-refractivity contribution in [3.8, 4) is 0 Å². The number of benzene rings is 1. The summed E-state index contributed by atoms with van der Waals surface area (Å²) in [6.45, 7) is 12.1. The molecular weight excluding hydrogens is 492 g/mol. The van der Waals surface area contributed by atoms with Gasteiger partial charge in [-0.15, -0.1) is 0 Å². The van der Waals surface area contributed by atoms with Crippen LogP contribution in [0.5, 0.6) is 0 Å². The SMILES string of the molecule is CC[N+](CC)(CC)Cc1ccccc1.ClC1=C[Te](Cl)(Cl)OC1.[Cl-]. The van der Waals surface area contributed by atoms with Crippen LogP contribution < -0.4 is 12.4 Å². The molecule has 0 spiro atoms. The zero-order chi connectivity index (χ0) is 16.6. The molecule has 0 aromatic heterocycles. The number of rotatable bonds is 5. The molecule has 1 aromatic rings. The summed E-state index contributed by atoms with van der Waals surface area (Å²) >= 11 is 2.59. The monoisotopic (exact) mass is 517 g/mol. The number of hydrogen-bond donors (Lipinski definition) is 0. The van der Waals surface area contributed by atoms with Crippen molar-refractivity contribution in [2.45, 2.75) is 27.3 Å². The fraction of sp³-hybridized carbons (Fsp3) is 0.500. The molecule has 1 aliphatic rings. The van der Waals surface area contributed by atoms with Crippen molar-refractivity contribution in [3.63, 3.8) is 0 Å². The number of hydrogen-bond acceptors (Lipinski definition) is 1. The summed E-state index contributed by atoms with van der Waals surface area (Å²) in [5.41, 5.74) is 1.46. The van der Waals surface area contributed by atoms with E-state index in [0.29, 0.717) is 11.6 Å². The van der Waals surface area contributed by atoms with E-state index in [1.165, 1.54) is 36.2 Å². The van der Waals surface area contributed by atoms with Gasteiger partial charge in [-0.3, -0.25) is 0 Å². The van der Waals surface area contributed by atoms with Crippen LogP contribution in [-0.2, 0) is 9.65 Å². The Kier molecular flexibility index (Phi) is 11.9. The third-order valence-electron chi connectivity index (χ3n) is 3.99. The van der Waals surface area contributed by atoms with E-state index in [-0.39, 0.29) is 12.4 Å². The number of quaternary nitrogens is 1. The summed E-state index contributed by atoms with van der Waals surface area (Å²) in [7, 11) is 11.3. The normalized spacial score (nSPS) is 17.4. The molecule has 7 heteroatoms. The van der Waals surface area contributed by atoms with E-state index >= 15 is 0 Å². The minimum absolute atomic E-state index is 0. The average Bonchev–Trinajstić information content (AvgIpc) is 2.84. The third-order valence-corrected chi connectivity index (χ3v) is 9.84. The molecule has 0 aliphatic carbocycles. The van der Waals surface area contributed by atoms with Crippen molar-refractivity contribution < 1.29 is 20.0 Å². The first-order valence-electron chi connectivity index (χ1n) is 7.48. The molecule has 2 nitrogen and oxygen atoms in total. The van der Waals surface area contributed by atoms with Gasteiger partial charge >= 0.3 is 64.7 Å². The van der Waals surface area contributed by atoms with E-state index in [9.17, 15) is 0 Å². The topological polar surface area (TPSA) is 9.23 Å². The maximum Gasteiger partial charge on any atom is -1.00 e. The first-order chi connectivity index (χ1) is 10.4. The van der Waals surface area contributed by atoms with Gasteiger partial charge in [-0.1, -0.05) is 30.3 Å². The van der Waals surface area contributed by atoms with E-state index in [2.05, 4.69) is 51.1 Å². The molecule has 0 bridgehead atoms. The molecule has 0 saturated carbocycles. The van der Waals surface area contributed by atoms with Crippen molar-refractivity contribution in [1.29, 1.82) is 0 Å². The Bertz CT molecular complexity index is 470. The summed E-state index contributed by atoms with van der Waals surface area (Å²) in [5.74, 6) is 0. The predicted molar refractivity (Wildman–Crippen MR) is 99.4 cm³/mol. The van der Waals surface area contributed by atoms with Gasteiger partial charge in [-0.25, -0.2) is 0 Å². The third kappa shape index (κ3) is 8.65. The number of halogens is 4. The molecular formula is C16H25Cl4NOTe. The van der Waals surface area contributed by atoms with E-state index in [1.54, 1.807) is 4.12 Å². The van der Waals surface area contributed by atoms with E-state index in [0.717, 1.165) is 0 Å². The minimum atomic E-state index is -2.92. The Morgan fingerprint density at radius 3 is 1.87 bits per heavy atom. The van der Waals surface area contributed by atoms with Crippen molar-refractivity contribution in [2.24, 2.45) is 0 Å². The molecule has 0 N–H and O–H groups in total. The molecule has 1 aromatic carbocycles. The van der Waals surface area contributed by atoms with Gasteiger partial charge < -0.3 is 16.9 Å². The van der Waals surface area contributed by atoms with Crippen LogP contribution in [-0.4, -0.2) is 47.1 Å². The van der Waals surface area contributed by atoms with Crippen LogP contribution in [0.2, 0.25) is 0 Å². The molecule has 1 heterocycles. The molecule has 0 atom stereocenters. The van der Waals surface area contributed by atoms with Crippen molar-refractivity contribution in [3.05, 3.63) is 45.1 Å². The summed E-state index contributed by atoms with van der Waals surface area (Å²) in [5, 5.41) is 0.635. The van der Waals surface area contributed by atoms with E-state index < -0.39 is 16.4 Å². The second kappa shape index (κ2) is 11.4. The molecule has 0 radical (unpaired) electrons. The first-order valence-corrected chi connectivity index (χ1v) is 16.1. The molecule has 1 aliphatic heterocycles. The first kappa shape index (κ1) is 23.8. The maximum atomic E-state index is 5.63. The molecule has 23 heavy (non-hydrogen) atoms. The summed E-state index contributed by atoms with van der Waals surface area (Å²) < 4.78 is 7.79. The van der Waals surface area contributed by atoms with Crippen molar-refractivity contribution in [2.75, 3.05) is 26.2 Å². The molecule has 0 saturated heterocycles. The molecule has 2 rings (SSSR count). The second-order valence-corrected chi connectivity index (χ2v) is 16.9. The smallest absolute Gasteiger partial charge is 1.00 e. The molecule has 0 amide bonds. The minimum Gasteiger partial charge on any atom is -1.00 e. The van der Waals surface area contributed by atoms with Gasteiger partial charge in [0.1, 0.15) is 6.54 Å². The number of nitrogens with zero attached hydrogens (tertiary/aromatic N) is 1. The van der Waals surface area contributed by atoms with Gasteiger partial charge in [0.15, 0.2) is 0 Å². The van der Waals surface area contributed by atoms with E-state index in [1.807, 2.05) is 0 Å². The van der Waals surface area contributed by atoms with Crippen LogP contribution in [0.1, 0.15) is 26.3 Å². The van der Waals surface area contributed by atoms with Gasteiger partial charge in [0.2, 0.25) is 0 Å². The van der Waals surface area contributed by atoms with Gasteiger partial charge in [0.05, 0.1) is 19.6 Å². The zero-order valence-corrected chi connectivity index (χ0v) is 19.1. The molecule has 0 unspecified atom stereocenters. The Morgan fingerprint density at radius 2 is 1.57 bits per heavy atom. The maximum absolute atomic E-state index is 5.63. The van der Waals surface area contributed by atoms with Crippen LogP contribution in [0.25, 0.3) is 0 Å². The van der Waals surface area contributed by atoms with Crippen LogP contribution in [0.3, 0.4) is 0 Å². The summed E-state index contributed by atoms with van der Waals surface area (Å²) in [6, 6.07) is 10.8. The van der Waals surface area contributed by atoms with Gasteiger partial charge in [0, 0.05) is 5.56 Å². The average molecular weight is 517 g/mol. The molecule has 134 valence electrons. The Morgan fingerprint density at radius 1 is 1.04 bits per heavy atom. The van der Waals surface area contributed by atoms with Crippen LogP contribution >= 0.6 is 29.5 Å². The van der Waals surface area contributed by atoms with Crippen LogP contribution in [0.4, 0.5) is 0 Å². The Hall–Kier alpha value is 0.830. The fourth-order valence-corrected chi connectivity index (χ4v) is 8.13. The van der Waals surface area contributed by atoms with Gasteiger partial charge in [-0.2, -0.15) is 0 Å². The molecule has 0 fully saturated rings. The van der Waals surface area contributed by atoms with Crippen LogP contribution in [0, 0.1) is 0 Å². The predicted octanol–water partition coefficient (Wildman–Crippen LogP) is 2.16. The quantitative estimate of drug-likeness (QED) is 0.431. The largest absolute Gasteiger partial charge is 1.00 e. The van der Waals surface area contributed by atoms with Gasteiger partial charge in [-0.05, 0) is 20.8 Å².